The van der Waals surface area contributed by atoms with Crippen molar-refractivity contribution in [3.8, 4) is 0 Å². The van der Waals surface area contributed by atoms with Gasteiger partial charge in [-0.3, -0.25) is 4.79 Å². The molecule has 0 aliphatic carbocycles. The van der Waals surface area contributed by atoms with Gasteiger partial charge in [-0.1, -0.05) is 0 Å². The third-order valence-electron chi connectivity index (χ3n) is 2.79. The van der Waals surface area contributed by atoms with Crippen molar-refractivity contribution in [2.24, 2.45) is 0 Å². The molecule has 1 fully saturated rings. The van der Waals surface area contributed by atoms with E-state index in [0.717, 1.165) is 26.2 Å². The molecule has 0 bridgehead atoms. The van der Waals surface area contributed by atoms with E-state index in [9.17, 15) is 4.79 Å². The van der Waals surface area contributed by atoms with Crippen LogP contribution < -0.4 is 15.5 Å². The highest BCUT2D eigenvalue weighted by Gasteiger charge is 2.14. The van der Waals surface area contributed by atoms with Gasteiger partial charge >= 0.3 is 0 Å². The molecular formula is C12H18N4O. The maximum absolute atomic E-state index is 11.6. The third kappa shape index (κ3) is 2.55. The molecule has 1 aromatic heterocycles. The van der Waals surface area contributed by atoms with E-state index >= 15 is 0 Å². The Morgan fingerprint density at radius 3 is 2.94 bits per heavy atom. The second-order valence-electron chi connectivity index (χ2n) is 3.88. The predicted molar refractivity (Wildman–Crippen MR) is 67.4 cm³/mol. The first-order valence-corrected chi connectivity index (χ1v) is 5.63. The first-order valence-electron chi connectivity index (χ1n) is 7.13. The Kier molecular flexibility index (Phi) is 2.56. The highest BCUT2D eigenvalue weighted by atomic mass is 16.1. The molecule has 0 unspecified atom stereocenters. The number of hydrogen-bond acceptors (Lipinski definition) is 4. The number of nitrogens with one attached hydrogen (secondary N) is 2. The Morgan fingerprint density at radius 2 is 2.29 bits per heavy atom. The van der Waals surface area contributed by atoms with Crippen molar-refractivity contribution in [1.29, 1.82) is 0 Å². The van der Waals surface area contributed by atoms with Crippen LogP contribution in [0.1, 0.15) is 20.3 Å². The van der Waals surface area contributed by atoms with E-state index in [4.69, 9.17) is 4.11 Å². The van der Waals surface area contributed by atoms with E-state index in [1.165, 1.54) is 7.05 Å². The van der Waals surface area contributed by atoms with Crippen LogP contribution in [0.3, 0.4) is 0 Å². The second-order valence-corrected chi connectivity index (χ2v) is 3.88. The Bertz CT molecular complexity index is 498. The molecule has 1 aliphatic heterocycles. The van der Waals surface area contributed by atoms with Crippen molar-refractivity contribution >= 4 is 11.6 Å². The van der Waals surface area contributed by atoms with Crippen LogP contribution in [-0.4, -0.2) is 44.1 Å². The molecule has 1 aromatic rings. The molecule has 5 heteroatoms. The second kappa shape index (κ2) is 5.14. The number of piperazine rings is 1. The van der Waals surface area contributed by atoms with E-state index in [-0.39, 0.29) is 17.3 Å². The monoisotopic (exact) mass is 237 g/mol. The smallest absolute Gasteiger partial charge is 0.269 e. The first kappa shape index (κ1) is 8.47. The van der Waals surface area contributed by atoms with E-state index in [1.54, 1.807) is 12.1 Å². The van der Waals surface area contributed by atoms with Crippen LogP contribution in [0.2, 0.25) is 0 Å². The Hall–Kier alpha value is -1.62. The summed E-state index contributed by atoms with van der Waals surface area (Å²) in [6.45, 7) is 0.716. The zero-order chi connectivity index (χ0) is 14.8. The SMILES string of the molecule is [2H]C([2H])([2H])c1nc(C(=O)NC)ccc1N1CCNCC1. The number of hydrogen-bond donors (Lipinski definition) is 2. The van der Waals surface area contributed by atoms with Gasteiger partial charge in [0.1, 0.15) is 5.69 Å². The normalized spacial score (nSPS) is 19.1. The fourth-order valence-electron chi connectivity index (χ4n) is 1.87. The summed E-state index contributed by atoms with van der Waals surface area (Å²) >= 11 is 0. The molecule has 0 atom stereocenters. The van der Waals surface area contributed by atoms with Gasteiger partial charge in [0.2, 0.25) is 0 Å². The van der Waals surface area contributed by atoms with Crippen molar-refractivity contribution in [2.75, 3.05) is 38.1 Å². The molecular weight excluding hydrogens is 216 g/mol. The van der Waals surface area contributed by atoms with Crippen LogP contribution in [0.25, 0.3) is 0 Å². The summed E-state index contributed by atoms with van der Waals surface area (Å²) in [6, 6.07) is 3.23. The Labute approximate surface area is 105 Å². The van der Waals surface area contributed by atoms with Crippen molar-refractivity contribution in [3.63, 3.8) is 0 Å². The molecule has 0 aromatic carbocycles. The van der Waals surface area contributed by atoms with E-state index in [0.29, 0.717) is 5.69 Å². The molecule has 0 radical (unpaired) electrons. The number of rotatable bonds is 2. The number of nitrogens with zero attached hydrogens (tertiary/aromatic N) is 2. The summed E-state index contributed by atoms with van der Waals surface area (Å²) in [5, 5.41) is 5.66. The average Bonchev–Trinajstić information content (AvgIpc) is 2.46. The van der Waals surface area contributed by atoms with Gasteiger partial charge in [0.25, 0.3) is 5.91 Å². The summed E-state index contributed by atoms with van der Waals surface area (Å²) in [5.41, 5.74) is 0.692. The summed E-state index contributed by atoms with van der Waals surface area (Å²) < 4.78 is 22.9. The zero-order valence-electron chi connectivity index (χ0n) is 12.8. The van der Waals surface area contributed by atoms with Crippen LogP contribution in [0.5, 0.6) is 0 Å². The van der Waals surface area contributed by atoms with Crippen molar-refractivity contribution in [2.45, 2.75) is 6.85 Å². The van der Waals surface area contributed by atoms with E-state index in [1.807, 2.05) is 4.90 Å². The predicted octanol–water partition coefficient (Wildman–Crippen LogP) is 0.159. The van der Waals surface area contributed by atoms with E-state index < -0.39 is 6.85 Å². The summed E-state index contributed by atoms with van der Waals surface area (Å²) in [4.78, 5) is 17.6. The quantitative estimate of drug-likeness (QED) is 0.769. The Balaban J connectivity index is 2.42. The minimum absolute atomic E-state index is 0.0134. The highest BCUT2D eigenvalue weighted by Crippen LogP contribution is 2.18. The lowest BCUT2D eigenvalue weighted by atomic mass is 10.2. The summed E-state index contributed by atoms with van der Waals surface area (Å²) in [5.74, 6) is -0.387. The standard InChI is InChI=1S/C12H18N4O/c1-9-11(16-7-5-14-6-8-16)4-3-10(15-9)12(17)13-2/h3-4,14H,5-8H2,1-2H3,(H,13,17)/i1D3. The number of amides is 1. The lowest BCUT2D eigenvalue weighted by molar-refractivity contribution is 0.0958. The molecule has 1 aliphatic rings. The van der Waals surface area contributed by atoms with Gasteiger partial charge in [-0.15, -0.1) is 0 Å². The van der Waals surface area contributed by atoms with Crippen molar-refractivity contribution in [3.05, 3.63) is 23.5 Å². The van der Waals surface area contributed by atoms with Gasteiger partial charge < -0.3 is 15.5 Å². The number of pyridine rings is 1. The molecule has 2 N–H and O–H groups in total. The van der Waals surface area contributed by atoms with Gasteiger partial charge in [-0.05, 0) is 19.0 Å². The maximum Gasteiger partial charge on any atom is 0.269 e. The fourth-order valence-corrected chi connectivity index (χ4v) is 1.87. The maximum atomic E-state index is 11.6. The summed E-state index contributed by atoms with van der Waals surface area (Å²) in [6.07, 6.45) is 0. The lowest BCUT2D eigenvalue weighted by Crippen LogP contribution is -2.43. The first-order chi connectivity index (χ1) is 9.43. The van der Waals surface area contributed by atoms with Gasteiger partial charge in [-0.25, -0.2) is 4.98 Å². The zero-order valence-corrected chi connectivity index (χ0v) is 9.79. The fraction of sp³-hybridized carbons (Fsp3) is 0.500. The van der Waals surface area contributed by atoms with Crippen LogP contribution in [0.15, 0.2) is 12.1 Å². The number of carbonyl (C=O) groups excluding carboxylic acids is 1. The van der Waals surface area contributed by atoms with Gasteiger partial charge in [0.15, 0.2) is 0 Å². The summed E-state index contributed by atoms with van der Waals surface area (Å²) in [7, 11) is 1.49. The van der Waals surface area contributed by atoms with Gasteiger partial charge in [-0.2, -0.15) is 0 Å². The number of aryl methyl sites for hydroxylation is 1. The third-order valence-corrected chi connectivity index (χ3v) is 2.79. The molecule has 0 saturated carbocycles. The molecule has 5 nitrogen and oxygen atoms in total. The molecule has 92 valence electrons. The molecule has 2 rings (SSSR count). The topological polar surface area (TPSA) is 57.3 Å². The lowest BCUT2D eigenvalue weighted by Gasteiger charge is -2.30. The van der Waals surface area contributed by atoms with Crippen LogP contribution >= 0.6 is 0 Å². The molecule has 1 saturated heterocycles. The minimum Gasteiger partial charge on any atom is -0.368 e. The van der Waals surface area contributed by atoms with Crippen molar-refractivity contribution in [1.82, 2.24) is 15.6 Å². The average molecular weight is 237 g/mol. The van der Waals surface area contributed by atoms with Crippen molar-refractivity contribution < 1.29 is 8.91 Å². The Morgan fingerprint density at radius 1 is 1.53 bits per heavy atom. The number of aromatic nitrogens is 1. The van der Waals surface area contributed by atoms with Crippen LogP contribution in [0.4, 0.5) is 5.69 Å². The number of carbonyl (C=O) groups is 1. The molecule has 17 heavy (non-hydrogen) atoms. The van der Waals surface area contributed by atoms with Gasteiger partial charge in [0.05, 0.1) is 11.4 Å². The number of anilines is 1. The molecule has 0 spiro atoms. The van der Waals surface area contributed by atoms with Crippen LogP contribution in [0, 0.1) is 6.85 Å². The largest absolute Gasteiger partial charge is 0.368 e. The molecule has 1 amide bonds. The molecule has 2 heterocycles. The van der Waals surface area contributed by atoms with E-state index in [2.05, 4.69) is 15.6 Å². The van der Waals surface area contributed by atoms with Crippen LogP contribution in [-0.2, 0) is 0 Å². The van der Waals surface area contributed by atoms with Gasteiger partial charge in [0, 0.05) is 37.3 Å². The highest BCUT2D eigenvalue weighted by molar-refractivity contribution is 5.92. The minimum atomic E-state index is -2.34.